The topological polar surface area (TPSA) is 61.0 Å². The first-order chi connectivity index (χ1) is 10.3. The normalized spacial score (nSPS) is 16.5. The number of aliphatic hydroxyl groups excluding tert-OH is 2. The Morgan fingerprint density at radius 1 is 1.19 bits per heavy atom. The highest BCUT2D eigenvalue weighted by Gasteiger charge is 2.25. The van der Waals surface area contributed by atoms with E-state index in [1.165, 1.54) is 19.3 Å². The summed E-state index contributed by atoms with van der Waals surface area (Å²) in [7, 11) is 0. The van der Waals surface area contributed by atoms with E-state index in [9.17, 15) is 10.2 Å². The lowest BCUT2D eigenvalue weighted by atomic mass is 9.94. The van der Waals surface area contributed by atoms with Crippen LogP contribution in [0.2, 0.25) is 0 Å². The van der Waals surface area contributed by atoms with Gasteiger partial charge >= 0.3 is 0 Å². The molecule has 1 aliphatic rings. The Morgan fingerprint density at radius 2 is 2.00 bits per heavy atom. The van der Waals surface area contributed by atoms with Crippen LogP contribution in [0.5, 0.6) is 0 Å². The molecule has 1 saturated carbocycles. The molecule has 21 heavy (non-hydrogen) atoms. The second-order valence-corrected chi connectivity index (χ2v) is 5.68. The number of imidazole rings is 1. The van der Waals surface area contributed by atoms with Crippen LogP contribution in [-0.2, 0) is 6.61 Å². The number of fused-ring (bicyclic) bond motifs is 1. The van der Waals surface area contributed by atoms with E-state index in [1.807, 2.05) is 28.8 Å². The smallest absolute Gasteiger partial charge is 0.153 e. The van der Waals surface area contributed by atoms with Crippen LogP contribution >= 0.6 is 0 Å². The van der Waals surface area contributed by atoms with Crippen molar-refractivity contribution in [1.82, 2.24) is 9.38 Å². The quantitative estimate of drug-likeness (QED) is 0.883. The number of anilines is 1. The van der Waals surface area contributed by atoms with E-state index in [1.54, 1.807) is 0 Å². The first-order valence-corrected chi connectivity index (χ1v) is 7.79. The predicted octanol–water partition coefficient (Wildman–Crippen LogP) is 1.96. The van der Waals surface area contributed by atoms with Crippen LogP contribution in [0.4, 0.5) is 5.82 Å². The van der Waals surface area contributed by atoms with E-state index >= 15 is 0 Å². The van der Waals surface area contributed by atoms with Crippen LogP contribution in [0.25, 0.3) is 5.65 Å². The fraction of sp³-hybridized carbons (Fsp3) is 0.562. The van der Waals surface area contributed by atoms with Gasteiger partial charge in [-0.1, -0.05) is 25.3 Å². The third-order valence-electron chi connectivity index (χ3n) is 4.39. The Hall–Kier alpha value is -1.59. The van der Waals surface area contributed by atoms with Crippen LogP contribution in [0.15, 0.2) is 24.4 Å². The van der Waals surface area contributed by atoms with Crippen LogP contribution in [0, 0.1) is 0 Å². The summed E-state index contributed by atoms with van der Waals surface area (Å²) in [4.78, 5) is 6.89. The average molecular weight is 289 g/mol. The molecule has 1 fully saturated rings. The lowest BCUT2D eigenvalue weighted by molar-refractivity contribution is 0.272. The zero-order valence-electron chi connectivity index (χ0n) is 12.3. The van der Waals surface area contributed by atoms with E-state index in [0.717, 1.165) is 30.0 Å². The minimum Gasteiger partial charge on any atom is -0.395 e. The Morgan fingerprint density at radius 3 is 2.71 bits per heavy atom. The maximum absolute atomic E-state index is 9.77. The summed E-state index contributed by atoms with van der Waals surface area (Å²) in [6.45, 7) is 0.631. The Bertz CT molecular complexity index is 590. The van der Waals surface area contributed by atoms with E-state index in [-0.39, 0.29) is 13.2 Å². The van der Waals surface area contributed by atoms with E-state index in [4.69, 9.17) is 4.98 Å². The standard InChI is InChI=1S/C16H23N3O2/c20-11-10-18(13-6-2-1-3-7-13)16-14(12-21)19-9-5-4-8-15(19)17-16/h4-5,8-9,13,20-21H,1-3,6-7,10-12H2. The van der Waals surface area contributed by atoms with Gasteiger partial charge in [-0.3, -0.25) is 4.40 Å². The zero-order valence-corrected chi connectivity index (χ0v) is 12.3. The number of hydrogen-bond donors (Lipinski definition) is 2. The Kier molecular flexibility index (Phi) is 4.41. The van der Waals surface area contributed by atoms with Crippen molar-refractivity contribution < 1.29 is 10.2 Å². The average Bonchev–Trinajstić information content (AvgIpc) is 2.91. The van der Waals surface area contributed by atoms with Crippen LogP contribution in [0.3, 0.4) is 0 Å². The summed E-state index contributed by atoms with van der Waals surface area (Å²) in [6, 6.07) is 6.25. The summed E-state index contributed by atoms with van der Waals surface area (Å²) >= 11 is 0. The van der Waals surface area contributed by atoms with Crippen LogP contribution in [0.1, 0.15) is 37.8 Å². The molecule has 5 heteroatoms. The summed E-state index contributed by atoms with van der Waals surface area (Å²) in [5.41, 5.74) is 1.65. The van der Waals surface area contributed by atoms with Gasteiger partial charge in [0.25, 0.3) is 0 Å². The summed E-state index contributed by atoms with van der Waals surface area (Å²) in [5, 5.41) is 19.2. The van der Waals surface area contributed by atoms with Gasteiger partial charge in [-0.25, -0.2) is 4.98 Å². The molecule has 0 aromatic carbocycles. The SMILES string of the molecule is OCCN(c1nc2ccccn2c1CO)C1CCCCC1. The number of rotatable bonds is 5. The van der Waals surface area contributed by atoms with Gasteiger partial charge < -0.3 is 15.1 Å². The van der Waals surface area contributed by atoms with Crippen molar-refractivity contribution in [3.8, 4) is 0 Å². The van der Waals surface area contributed by atoms with E-state index in [0.29, 0.717) is 12.6 Å². The summed E-state index contributed by atoms with van der Waals surface area (Å²) < 4.78 is 1.93. The van der Waals surface area contributed by atoms with Gasteiger partial charge in [0.05, 0.1) is 18.9 Å². The number of nitrogens with zero attached hydrogens (tertiary/aromatic N) is 3. The molecular formula is C16H23N3O2. The van der Waals surface area contributed by atoms with Gasteiger partial charge in [-0.2, -0.15) is 0 Å². The molecule has 0 saturated heterocycles. The molecule has 2 N–H and O–H groups in total. The second kappa shape index (κ2) is 6.45. The highest BCUT2D eigenvalue weighted by Crippen LogP contribution is 2.29. The van der Waals surface area contributed by atoms with Crippen molar-refractivity contribution >= 4 is 11.5 Å². The van der Waals surface area contributed by atoms with Crippen molar-refractivity contribution in [2.45, 2.75) is 44.8 Å². The first-order valence-electron chi connectivity index (χ1n) is 7.79. The molecule has 0 aliphatic heterocycles. The fourth-order valence-electron chi connectivity index (χ4n) is 3.37. The molecular weight excluding hydrogens is 266 g/mol. The fourth-order valence-corrected chi connectivity index (χ4v) is 3.37. The molecule has 3 rings (SSSR count). The molecule has 5 nitrogen and oxygen atoms in total. The predicted molar refractivity (Wildman–Crippen MR) is 82.4 cm³/mol. The lowest BCUT2D eigenvalue weighted by Gasteiger charge is -2.34. The van der Waals surface area contributed by atoms with Crippen LogP contribution < -0.4 is 4.90 Å². The minimum atomic E-state index is -0.0465. The molecule has 2 aromatic rings. The number of aromatic nitrogens is 2. The molecule has 0 spiro atoms. The molecule has 2 aromatic heterocycles. The van der Waals surface area contributed by atoms with Crippen molar-refractivity contribution in [3.63, 3.8) is 0 Å². The number of hydrogen-bond acceptors (Lipinski definition) is 4. The third-order valence-corrected chi connectivity index (χ3v) is 4.39. The lowest BCUT2D eigenvalue weighted by Crippen LogP contribution is -2.39. The molecule has 0 bridgehead atoms. The Labute approximate surface area is 124 Å². The molecule has 2 heterocycles. The van der Waals surface area contributed by atoms with Gasteiger partial charge in [-0.15, -0.1) is 0 Å². The third kappa shape index (κ3) is 2.76. The van der Waals surface area contributed by atoms with Gasteiger partial charge in [0.2, 0.25) is 0 Å². The van der Waals surface area contributed by atoms with Gasteiger partial charge in [0.1, 0.15) is 5.65 Å². The highest BCUT2D eigenvalue weighted by atomic mass is 16.3. The first kappa shape index (κ1) is 14.4. The van der Waals surface area contributed by atoms with Crippen molar-refractivity contribution in [2.75, 3.05) is 18.1 Å². The molecule has 0 amide bonds. The summed E-state index contributed by atoms with van der Waals surface area (Å²) in [6.07, 6.45) is 7.96. The number of pyridine rings is 1. The van der Waals surface area contributed by atoms with E-state index in [2.05, 4.69) is 4.90 Å². The molecule has 1 aliphatic carbocycles. The second-order valence-electron chi connectivity index (χ2n) is 5.68. The largest absolute Gasteiger partial charge is 0.395 e. The van der Waals surface area contributed by atoms with Gasteiger partial charge in [-0.05, 0) is 25.0 Å². The zero-order chi connectivity index (χ0) is 14.7. The Balaban J connectivity index is 2.01. The maximum atomic E-state index is 9.77. The molecule has 0 atom stereocenters. The molecule has 114 valence electrons. The summed E-state index contributed by atoms with van der Waals surface area (Å²) in [5.74, 6) is 0.824. The number of aliphatic hydroxyl groups is 2. The molecule has 0 radical (unpaired) electrons. The van der Waals surface area contributed by atoms with Crippen molar-refractivity contribution in [1.29, 1.82) is 0 Å². The maximum Gasteiger partial charge on any atom is 0.153 e. The van der Waals surface area contributed by atoms with E-state index < -0.39 is 0 Å². The van der Waals surface area contributed by atoms with Crippen molar-refractivity contribution in [2.24, 2.45) is 0 Å². The van der Waals surface area contributed by atoms with Crippen LogP contribution in [-0.4, -0.2) is 38.8 Å². The monoisotopic (exact) mass is 289 g/mol. The molecule has 0 unspecified atom stereocenters. The van der Waals surface area contributed by atoms with Crippen molar-refractivity contribution in [3.05, 3.63) is 30.1 Å². The minimum absolute atomic E-state index is 0.0465. The van der Waals surface area contributed by atoms with Gasteiger partial charge in [0.15, 0.2) is 5.82 Å². The van der Waals surface area contributed by atoms with Gasteiger partial charge in [0, 0.05) is 18.8 Å². The highest BCUT2D eigenvalue weighted by molar-refractivity contribution is 5.56.